The predicted octanol–water partition coefficient (Wildman–Crippen LogP) is 2.37. The first kappa shape index (κ1) is 11.2. The van der Waals surface area contributed by atoms with Crippen LogP contribution in [0.1, 0.15) is 18.4 Å². The number of piperidine rings is 3. The van der Waals surface area contributed by atoms with E-state index in [0.29, 0.717) is 11.7 Å². The van der Waals surface area contributed by atoms with Gasteiger partial charge in [0.15, 0.2) is 5.78 Å². The molecule has 3 saturated heterocycles. The SMILES string of the molecule is O=C1C2CCN(CC2)C1Cc1c[nH]c2ccccc12. The topological polar surface area (TPSA) is 36.1 Å². The lowest BCUT2D eigenvalue weighted by Gasteiger charge is -2.44. The molecule has 3 nitrogen and oxygen atoms in total. The van der Waals surface area contributed by atoms with Gasteiger partial charge in [0.2, 0.25) is 0 Å². The second kappa shape index (κ2) is 4.20. The first-order valence-electron chi connectivity index (χ1n) is 7.16. The van der Waals surface area contributed by atoms with Gasteiger partial charge in [-0.25, -0.2) is 0 Å². The summed E-state index contributed by atoms with van der Waals surface area (Å²) in [4.78, 5) is 18.1. The number of para-hydroxylation sites is 1. The molecule has 3 fully saturated rings. The number of H-pyrrole nitrogens is 1. The zero-order valence-corrected chi connectivity index (χ0v) is 10.9. The first-order chi connectivity index (χ1) is 9.33. The van der Waals surface area contributed by atoms with Crippen molar-refractivity contribution in [3.8, 4) is 0 Å². The van der Waals surface area contributed by atoms with Crippen LogP contribution in [0.2, 0.25) is 0 Å². The molecule has 0 aliphatic carbocycles. The highest BCUT2D eigenvalue weighted by atomic mass is 16.1. The van der Waals surface area contributed by atoms with Crippen LogP contribution >= 0.6 is 0 Å². The van der Waals surface area contributed by atoms with Crippen LogP contribution in [0.25, 0.3) is 10.9 Å². The van der Waals surface area contributed by atoms with Gasteiger partial charge in [-0.2, -0.15) is 0 Å². The Morgan fingerprint density at radius 1 is 1.21 bits per heavy atom. The fourth-order valence-electron chi connectivity index (χ4n) is 3.69. The van der Waals surface area contributed by atoms with E-state index in [0.717, 1.165) is 32.4 Å². The summed E-state index contributed by atoms with van der Waals surface area (Å²) in [5.74, 6) is 0.808. The standard InChI is InChI=1S/C16H18N2O/c19-16-11-5-7-18(8-6-11)15(16)9-12-10-17-14-4-2-1-3-13(12)14/h1-4,10-11,15,17H,5-9H2. The zero-order chi connectivity index (χ0) is 12.8. The molecule has 1 unspecified atom stereocenters. The number of aromatic amines is 1. The highest BCUT2D eigenvalue weighted by Crippen LogP contribution is 2.31. The summed E-state index contributed by atoms with van der Waals surface area (Å²) < 4.78 is 0. The van der Waals surface area contributed by atoms with E-state index in [9.17, 15) is 4.79 Å². The van der Waals surface area contributed by atoms with Crippen molar-refractivity contribution in [1.82, 2.24) is 9.88 Å². The number of nitrogens with one attached hydrogen (secondary N) is 1. The minimum Gasteiger partial charge on any atom is -0.361 e. The highest BCUT2D eigenvalue weighted by Gasteiger charge is 2.40. The van der Waals surface area contributed by atoms with Crippen molar-refractivity contribution in [2.45, 2.75) is 25.3 Å². The van der Waals surface area contributed by atoms with Gasteiger partial charge in [0.25, 0.3) is 0 Å². The van der Waals surface area contributed by atoms with Crippen LogP contribution < -0.4 is 0 Å². The smallest absolute Gasteiger partial charge is 0.153 e. The number of ketones is 1. The predicted molar refractivity (Wildman–Crippen MR) is 75.1 cm³/mol. The van der Waals surface area contributed by atoms with Crippen LogP contribution in [-0.4, -0.2) is 34.8 Å². The van der Waals surface area contributed by atoms with Gasteiger partial charge in [0, 0.05) is 23.0 Å². The van der Waals surface area contributed by atoms with Crippen LogP contribution in [0.4, 0.5) is 0 Å². The molecule has 1 atom stereocenters. The van der Waals surface area contributed by atoms with E-state index in [1.54, 1.807) is 0 Å². The van der Waals surface area contributed by atoms with Crippen molar-refractivity contribution in [1.29, 1.82) is 0 Å². The average molecular weight is 254 g/mol. The molecule has 5 rings (SSSR count). The molecule has 0 saturated carbocycles. The summed E-state index contributed by atoms with van der Waals surface area (Å²) in [6.45, 7) is 2.20. The number of aromatic nitrogens is 1. The Labute approximate surface area is 112 Å². The third kappa shape index (κ3) is 1.72. The van der Waals surface area contributed by atoms with Crippen molar-refractivity contribution in [2.24, 2.45) is 5.92 Å². The van der Waals surface area contributed by atoms with Crippen molar-refractivity contribution >= 4 is 16.7 Å². The monoisotopic (exact) mass is 254 g/mol. The first-order valence-corrected chi connectivity index (χ1v) is 7.16. The normalized spacial score (nSPS) is 30.1. The molecule has 1 aromatic carbocycles. The average Bonchev–Trinajstić information content (AvgIpc) is 2.87. The van der Waals surface area contributed by atoms with Crippen LogP contribution in [-0.2, 0) is 11.2 Å². The highest BCUT2D eigenvalue weighted by molar-refractivity contribution is 5.89. The Morgan fingerprint density at radius 2 is 2.00 bits per heavy atom. The quantitative estimate of drug-likeness (QED) is 0.893. The van der Waals surface area contributed by atoms with Crippen LogP contribution in [0.5, 0.6) is 0 Å². The second-order valence-electron chi connectivity index (χ2n) is 5.79. The maximum atomic E-state index is 12.4. The van der Waals surface area contributed by atoms with E-state index in [4.69, 9.17) is 0 Å². The molecule has 0 amide bonds. The number of carbonyl (C=O) groups is 1. The molecular formula is C16H18N2O. The van der Waals surface area contributed by atoms with E-state index in [2.05, 4.69) is 34.3 Å². The van der Waals surface area contributed by atoms with Crippen LogP contribution in [0, 0.1) is 5.92 Å². The molecular weight excluding hydrogens is 236 g/mol. The van der Waals surface area contributed by atoms with Gasteiger partial charge in [0.05, 0.1) is 6.04 Å². The lowest BCUT2D eigenvalue weighted by Crippen LogP contribution is -2.56. The molecule has 1 aromatic heterocycles. The van der Waals surface area contributed by atoms with E-state index in [-0.39, 0.29) is 6.04 Å². The Bertz CT molecular complexity index is 622. The minimum absolute atomic E-state index is 0.117. The molecule has 1 N–H and O–H groups in total. The van der Waals surface area contributed by atoms with Crippen LogP contribution in [0.15, 0.2) is 30.5 Å². The number of Topliss-reactive ketones (excluding diaryl/α,β-unsaturated/α-hetero) is 1. The number of nitrogens with zero attached hydrogens (tertiary/aromatic N) is 1. The number of hydrogen-bond acceptors (Lipinski definition) is 2. The molecule has 4 heterocycles. The van der Waals surface area contributed by atoms with Gasteiger partial charge in [-0.05, 0) is 44.0 Å². The molecule has 2 aromatic rings. The van der Waals surface area contributed by atoms with E-state index in [1.807, 2.05) is 6.07 Å². The minimum atomic E-state index is 0.117. The largest absolute Gasteiger partial charge is 0.361 e. The van der Waals surface area contributed by atoms with Gasteiger partial charge in [-0.15, -0.1) is 0 Å². The summed E-state index contributed by atoms with van der Waals surface area (Å²) in [5.41, 5.74) is 2.45. The van der Waals surface area contributed by atoms with Gasteiger partial charge in [-0.3, -0.25) is 9.69 Å². The fraction of sp³-hybridized carbons (Fsp3) is 0.438. The van der Waals surface area contributed by atoms with E-state index in [1.165, 1.54) is 16.5 Å². The fourth-order valence-corrected chi connectivity index (χ4v) is 3.69. The number of hydrogen-bond donors (Lipinski definition) is 1. The summed E-state index contributed by atoms with van der Waals surface area (Å²) in [7, 11) is 0. The number of carbonyl (C=O) groups excluding carboxylic acids is 1. The van der Waals surface area contributed by atoms with E-state index < -0.39 is 0 Å². The lowest BCUT2D eigenvalue weighted by molar-refractivity contribution is -0.136. The van der Waals surface area contributed by atoms with Crippen molar-refractivity contribution < 1.29 is 4.79 Å². The number of rotatable bonds is 2. The van der Waals surface area contributed by atoms with Crippen molar-refractivity contribution in [3.63, 3.8) is 0 Å². The Kier molecular flexibility index (Phi) is 2.49. The summed E-state index contributed by atoms with van der Waals surface area (Å²) in [6.07, 6.45) is 5.08. The molecule has 98 valence electrons. The second-order valence-corrected chi connectivity index (χ2v) is 5.79. The molecule has 3 heteroatoms. The Balaban J connectivity index is 1.66. The summed E-state index contributed by atoms with van der Waals surface area (Å²) >= 11 is 0. The zero-order valence-electron chi connectivity index (χ0n) is 10.9. The molecule has 3 aliphatic rings. The molecule has 19 heavy (non-hydrogen) atoms. The van der Waals surface area contributed by atoms with Gasteiger partial charge in [-0.1, -0.05) is 18.2 Å². The summed E-state index contributed by atoms with van der Waals surface area (Å²) in [5, 5.41) is 1.26. The number of fused-ring (bicyclic) bond motifs is 4. The van der Waals surface area contributed by atoms with Gasteiger partial charge in [0.1, 0.15) is 0 Å². The number of benzene rings is 1. The Morgan fingerprint density at radius 3 is 2.79 bits per heavy atom. The molecule has 3 aliphatic heterocycles. The van der Waals surface area contributed by atoms with Crippen molar-refractivity contribution in [3.05, 3.63) is 36.0 Å². The van der Waals surface area contributed by atoms with Crippen LogP contribution in [0.3, 0.4) is 0 Å². The maximum absolute atomic E-state index is 12.4. The van der Waals surface area contributed by atoms with Crippen molar-refractivity contribution in [2.75, 3.05) is 13.1 Å². The molecule has 0 radical (unpaired) electrons. The third-order valence-electron chi connectivity index (χ3n) is 4.79. The summed E-state index contributed by atoms with van der Waals surface area (Å²) in [6, 6.07) is 8.46. The molecule has 0 spiro atoms. The van der Waals surface area contributed by atoms with Gasteiger partial charge >= 0.3 is 0 Å². The Hall–Kier alpha value is -1.61. The third-order valence-corrected chi connectivity index (χ3v) is 4.79. The molecule has 2 bridgehead atoms. The maximum Gasteiger partial charge on any atom is 0.153 e. The lowest BCUT2D eigenvalue weighted by atomic mass is 9.80. The van der Waals surface area contributed by atoms with E-state index >= 15 is 0 Å². The van der Waals surface area contributed by atoms with Gasteiger partial charge < -0.3 is 4.98 Å².